The molecule has 0 aromatic carbocycles. The van der Waals surface area contributed by atoms with Gasteiger partial charge in [0.05, 0.1) is 22.6 Å². The van der Waals surface area contributed by atoms with E-state index in [1.807, 2.05) is 0 Å². The first-order valence-corrected chi connectivity index (χ1v) is 6.84. The topological polar surface area (TPSA) is 71.2 Å². The third-order valence-electron chi connectivity index (χ3n) is 3.77. The Morgan fingerprint density at radius 2 is 2.06 bits per heavy atom. The number of hydrogen-bond donors (Lipinski definition) is 3. The van der Waals surface area contributed by atoms with Crippen LogP contribution in [0.2, 0.25) is 5.02 Å². The number of aliphatic hydroxyl groups excluding tert-OH is 1. The van der Waals surface area contributed by atoms with Gasteiger partial charge in [0.2, 0.25) is 0 Å². The Kier molecular flexibility index (Phi) is 4.66. The van der Waals surface area contributed by atoms with E-state index in [9.17, 15) is 5.11 Å². The lowest BCUT2D eigenvalue weighted by Crippen LogP contribution is -2.28. The molecule has 0 aliphatic heterocycles. The van der Waals surface area contributed by atoms with E-state index in [4.69, 9.17) is 17.3 Å². The van der Waals surface area contributed by atoms with Crippen LogP contribution in [0.15, 0.2) is 12.4 Å². The van der Waals surface area contributed by atoms with Gasteiger partial charge in [0.25, 0.3) is 0 Å². The average Bonchev–Trinajstić information content (AvgIpc) is 2.38. The van der Waals surface area contributed by atoms with Gasteiger partial charge in [-0.15, -0.1) is 0 Å². The van der Waals surface area contributed by atoms with E-state index < -0.39 is 0 Å². The van der Waals surface area contributed by atoms with Crippen LogP contribution in [0.25, 0.3) is 0 Å². The fourth-order valence-electron chi connectivity index (χ4n) is 2.66. The van der Waals surface area contributed by atoms with Crippen molar-refractivity contribution in [2.75, 3.05) is 24.2 Å². The second-order valence-corrected chi connectivity index (χ2v) is 5.36. The van der Waals surface area contributed by atoms with Crippen molar-refractivity contribution >= 4 is 23.0 Å². The van der Waals surface area contributed by atoms with Crippen LogP contribution in [-0.2, 0) is 0 Å². The van der Waals surface area contributed by atoms with Gasteiger partial charge in [0, 0.05) is 19.3 Å². The number of aromatic nitrogens is 1. The smallest absolute Gasteiger partial charge is 0.0841 e. The van der Waals surface area contributed by atoms with E-state index >= 15 is 0 Å². The van der Waals surface area contributed by atoms with Gasteiger partial charge in [-0.3, -0.25) is 4.98 Å². The second-order valence-electron chi connectivity index (χ2n) is 4.95. The molecule has 2 atom stereocenters. The Morgan fingerprint density at radius 1 is 1.33 bits per heavy atom. The highest BCUT2D eigenvalue weighted by Crippen LogP contribution is 2.32. The molecule has 2 rings (SSSR count). The summed E-state index contributed by atoms with van der Waals surface area (Å²) in [7, 11) is 0. The molecule has 5 heteroatoms. The molecular formula is C13H20ClN3O. The summed E-state index contributed by atoms with van der Waals surface area (Å²) in [4.78, 5) is 3.93. The zero-order chi connectivity index (χ0) is 13.0. The maximum Gasteiger partial charge on any atom is 0.0841 e. The lowest BCUT2D eigenvalue weighted by Gasteiger charge is -2.30. The van der Waals surface area contributed by atoms with E-state index in [0.29, 0.717) is 22.5 Å². The lowest BCUT2D eigenvalue weighted by molar-refractivity contribution is 0.141. The number of nitrogen functional groups attached to an aromatic ring is 1. The Hall–Kier alpha value is -1.00. The standard InChI is InChI=1S/C13H20ClN3O/c14-11-6-16-7-12(15)13(11)17-5-9-3-1-2-4-10(9)8-18/h6-7,9-10,18H,1-5,8,15H2,(H,16,17). The molecule has 0 bridgehead atoms. The van der Waals surface area contributed by atoms with E-state index in [0.717, 1.165) is 25.1 Å². The molecular weight excluding hydrogens is 250 g/mol. The van der Waals surface area contributed by atoms with Crippen LogP contribution < -0.4 is 11.1 Å². The molecule has 0 radical (unpaired) electrons. The van der Waals surface area contributed by atoms with Crippen molar-refractivity contribution in [1.82, 2.24) is 4.98 Å². The summed E-state index contributed by atoms with van der Waals surface area (Å²) in [5, 5.41) is 13.2. The van der Waals surface area contributed by atoms with Gasteiger partial charge >= 0.3 is 0 Å². The molecule has 2 unspecified atom stereocenters. The summed E-state index contributed by atoms with van der Waals surface area (Å²) in [5.41, 5.74) is 7.17. The maximum absolute atomic E-state index is 9.38. The normalized spacial score (nSPS) is 23.9. The van der Waals surface area contributed by atoms with E-state index in [-0.39, 0.29) is 6.61 Å². The van der Waals surface area contributed by atoms with Gasteiger partial charge in [-0.25, -0.2) is 0 Å². The molecule has 1 heterocycles. The summed E-state index contributed by atoms with van der Waals surface area (Å²) in [5.74, 6) is 0.889. The predicted octanol–water partition coefficient (Wildman–Crippen LogP) is 2.53. The minimum Gasteiger partial charge on any atom is -0.396 e. The van der Waals surface area contributed by atoms with Gasteiger partial charge in [0.15, 0.2) is 0 Å². The SMILES string of the molecule is Nc1cncc(Cl)c1NCC1CCCCC1CO. The zero-order valence-corrected chi connectivity index (χ0v) is 11.2. The predicted molar refractivity (Wildman–Crippen MR) is 74.7 cm³/mol. The molecule has 0 amide bonds. The molecule has 1 aliphatic rings. The molecule has 1 aliphatic carbocycles. The minimum absolute atomic E-state index is 0.270. The van der Waals surface area contributed by atoms with Gasteiger partial charge in [0.1, 0.15) is 0 Å². The van der Waals surface area contributed by atoms with Crippen molar-refractivity contribution in [3.8, 4) is 0 Å². The Morgan fingerprint density at radius 3 is 2.72 bits per heavy atom. The lowest BCUT2D eigenvalue weighted by atomic mass is 9.79. The Balaban J connectivity index is 1.98. The highest BCUT2D eigenvalue weighted by atomic mass is 35.5. The Labute approximate surface area is 113 Å². The van der Waals surface area contributed by atoms with Gasteiger partial charge < -0.3 is 16.2 Å². The van der Waals surface area contributed by atoms with Crippen LogP contribution in [0, 0.1) is 11.8 Å². The van der Waals surface area contributed by atoms with Crippen LogP contribution in [0.1, 0.15) is 25.7 Å². The minimum atomic E-state index is 0.270. The average molecular weight is 270 g/mol. The van der Waals surface area contributed by atoms with Crippen molar-refractivity contribution < 1.29 is 5.11 Å². The van der Waals surface area contributed by atoms with E-state index in [1.54, 1.807) is 12.4 Å². The van der Waals surface area contributed by atoms with Crippen molar-refractivity contribution in [2.45, 2.75) is 25.7 Å². The number of nitrogens with zero attached hydrogens (tertiary/aromatic N) is 1. The molecule has 0 saturated heterocycles. The van der Waals surface area contributed by atoms with Crippen LogP contribution in [0.5, 0.6) is 0 Å². The zero-order valence-electron chi connectivity index (χ0n) is 10.4. The Bertz CT molecular complexity index is 380. The number of halogens is 1. The van der Waals surface area contributed by atoms with Crippen molar-refractivity contribution in [3.05, 3.63) is 17.4 Å². The van der Waals surface area contributed by atoms with E-state index in [2.05, 4.69) is 10.3 Å². The van der Waals surface area contributed by atoms with E-state index in [1.165, 1.54) is 12.8 Å². The molecule has 4 nitrogen and oxygen atoms in total. The first-order chi connectivity index (χ1) is 8.72. The van der Waals surface area contributed by atoms with Crippen LogP contribution in [0.4, 0.5) is 11.4 Å². The largest absolute Gasteiger partial charge is 0.396 e. The van der Waals surface area contributed by atoms with Gasteiger partial charge in [-0.1, -0.05) is 24.4 Å². The number of nitrogens with one attached hydrogen (secondary N) is 1. The summed E-state index contributed by atoms with van der Waals surface area (Å²) in [6, 6.07) is 0. The molecule has 1 saturated carbocycles. The first-order valence-electron chi connectivity index (χ1n) is 6.46. The molecule has 1 aromatic heterocycles. The fourth-order valence-corrected chi connectivity index (χ4v) is 2.90. The van der Waals surface area contributed by atoms with Gasteiger partial charge in [-0.2, -0.15) is 0 Å². The maximum atomic E-state index is 9.38. The molecule has 18 heavy (non-hydrogen) atoms. The third kappa shape index (κ3) is 3.06. The highest BCUT2D eigenvalue weighted by Gasteiger charge is 2.24. The van der Waals surface area contributed by atoms with Crippen LogP contribution in [0.3, 0.4) is 0 Å². The number of aliphatic hydroxyl groups is 1. The first kappa shape index (κ1) is 13.4. The van der Waals surface area contributed by atoms with Crippen molar-refractivity contribution in [2.24, 2.45) is 11.8 Å². The number of anilines is 2. The van der Waals surface area contributed by atoms with Crippen molar-refractivity contribution in [3.63, 3.8) is 0 Å². The highest BCUT2D eigenvalue weighted by molar-refractivity contribution is 6.33. The summed E-state index contributed by atoms with van der Waals surface area (Å²) < 4.78 is 0. The number of rotatable bonds is 4. The summed E-state index contributed by atoms with van der Waals surface area (Å²) in [6.45, 7) is 1.07. The molecule has 1 fully saturated rings. The van der Waals surface area contributed by atoms with Crippen LogP contribution in [-0.4, -0.2) is 23.2 Å². The van der Waals surface area contributed by atoms with Crippen molar-refractivity contribution in [1.29, 1.82) is 0 Å². The fraction of sp³-hybridized carbons (Fsp3) is 0.615. The number of pyridine rings is 1. The molecule has 4 N–H and O–H groups in total. The number of hydrogen-bond acceptors (Lipinski definition) is 4. The second kappa shape index (κ2) is 6.25. The quantitative estimate of drug-likeness (QED) is 0.786. The number of nitrogens with two attached hydrogens (primary N) is 1. The van der Waals surface area contributed by atoms with Crippen LogP contribution >= 0.6 is 11.6 Å². The molecule has 1 aromatic rings. The monoisotopic (exact) mass is 269 g/mol. The summed E-state index contributed by atoms with van der Waals surface area (Å²) in [6.07, 6.45) is 7.91. The summed E-state index contributed by atoms with van der Waals surface area (Å²) >= 11 is 6.06. The third-order valence-corrected chi connectivity index (χ3v) is 4.06. The van der Waals surface area contributed by atoms with Gasteiger partial charge in [-0.05, 0) is 24.7 Å². The molecule has 100 valence electrons. The molecule has 0 spiro atoms.